The highest BCUT2D eigenvalue weighted by atomic mass is 35.5. The first-order valence-electron chi connectivity index (χ1n) is 9.26. The monoisotopic (exact) mass is 424 g/mol. The van der Waals surface area contributed by atoms with Crippen LogP contribution in [0.25, 0.3) is 17.0 Å². The van der Waals surface area contributed by atoms with Crippen molar-refractivity contribution >= 4 is 29.1 Å². The lowest BCUT2D eigenvalue weighted by Crippen LogP contribution is -1.97. The third-order valence-corrected chi connectivity index (χ3v) is 5.79. The van der Waals surface area contributed by atoms with Gasteiger partial charge in [-0.1, -0.05) is 47.6 Å². The Labute approximate surface area is 176 Å². The number of rotatable bonds is 4. The fourth-order valence-electron chi connectivity index (χ4n) is 3.16. The summed E-state index contributed by atoms with van der Waals surface area (Å²) in [5.74, 6) is 2.86. The van der Waals surface area contributed by atoms with E-state index in [9.17, 15) is 0 Å². The summed E-state index contributed by atoms with van der Waals surface area (Å²) in [6, 6.07) is 15.6. The number of fused-ring (bicyclic) bond motifs is 2. The van der Waals surface area contributed by atoms with Crippen molar-refractivity contribution < 1.29 is 9.47 Å². The molecule has 0 unspecified atom stereocenters. The van der Waals surface area contributed by atoms with Crippen LogP contribution in [0, 0.1) is 0 Å². The summed E-state index contributed by atoms with van der Waals surface area (Å²) >= 11 is 7.92. The highest BCUT2D eigenvalue weighted by Gasteiger charge is 2.14. The van der Waals surface area contributed by atoms with Gasteiger partial charge in [-0.2, -0.15) is 9.50 Å². The second kappa shape index (κ2) is 7.93. The van der Waals surface area contributed by atoms with Crippen molar-refractivity contribution in [3.05, 3.63) is 65.3 Å². The van der Waals surface area contributed by atoms with Gasteiger partial charge in [-0.25, -0.2) is 4.98 Å². The van der Waals surface area contributed by atoms with E-state index in [1.165, 1.54) is 0 Å². The van der Waals surface area contributed by atoms with Gasteiger partial charge in [0.25, 0.3) is 5.78 Å². The normalized spacial score (nSPS) is 13.4. The molecular weight excluding hydrogens is 408 g/mol. The SMILES string of the molecule is Clc1ccccc1-c1ccnc2nc(SCc3ccc4c(c3)OCCCO4)nn12. The molecule has 0 N–H and O–H groups in total. The molecular formula is C21H17ClN4O2S. The number of thioether (sulfide) groups is 1. The van der Waals surface area contributed by atoms with Gasteiger partial charge < -0.3 is 9.47 Å². The van der Waals surface area contributed by atoms with E-state index >= 15 is 0 Å². The quantitative estimate of drug-likeness (QED) is 0.434. The summed E-state index contributed by atoms with van der Waals surface area (Å²) in [6.45, 7) is 1.36. The largest absolute Gasteiger partial charge is 0.490 e. The van der Waals surface area contributed by atoms with Crippen LogP contribution in [0.15, 0.2) is 59.9 Å². The Kier molecular flexibility index (Phi) is 4.99. The van der Waals surface area contributed by atoms with Gasteiger partial charge in [-0.3, -0.25) is 0 Å². The number of aromatic nitrogens is 4. The number of ether oxygens (including phenoxy) is 2. The van der Waals surface area contributed by atoms with Crippen LogP contribution in [0.4, 0.5) is 0 Å². The predicted molar refractivity (Wildman–Crippen MR) is 113 cm³/mol. The van der Waals surface area contributed by atoms with E-state index in [2.05, 4.69) is 15.1 Å². The Bertz CT molecular complexity index is 1180. The highest BCUT2D eigenvalue weighted by molar-refractivity contribution is 7.98. The predicted octanol–water partition coefficient (Wildman–Crippen LogP) is 4.90. The molecule has 4 aromatic rings. The summed E-state index contributed by atoms with van der Waals surface area (Å²) < 4.78 is 13.2. The molecule has 1 aliphatic rings. The maximum Gasteiger partial charge on any atom is 0.253 e. The molecule has 29 heavy (non-hydrogen) atoms. The zero-order valence-corrected chi connectivity index (χ0v) is 17.0. The van der Waals surface area contributed by atoms with E-state index < -0.39 is 0 Å². The molecule has 0 amide bonds. The minimum Gasteiger partial charge on any atom is -0.490 e. The van der Waals surface area contributed by atoms with E-state index in [1.54, 1.807) is 22.5 Å². The van der Waals surface area contributed by atoms with E-state index in [-0.39, 0.29) is 0 Å². The fraction of sp³-hybridized carbons (Fsp3) is 0.190. The van der Waals surface area contributed by atoms with Gasteiger partial charge >= 0.3 is 0 Å². The van der Waals surface area contributed by atoms with Gasteiger partial charge in [0.2, 0.25) is 5.16 Å². The van der Waals surface area contributed by atoms with E-state index in [0.717, 1.165) is 40.5 Å². The summed E-state index contributed by atoms with van der Waals surface area (Å²) in [4.78, 5) is 8.89. The van der Waals surface area contributed by atoms with Crippen molar-refractivity contribution in [2.24, 2.45) is 0 Å². The maximum absolute atomic E-state index is 6.37. The van der Waals surface area contributed by atoms with Crippen LogP contribution in [0.3, 0.4) is 0 Å². The van der Waals surface area contributed by atoms with E-state index in [4.69, 9.17) is 21.1 Å². The van der Waals surface area contributed by atoms with Gasteiger partial charge in [-0.15, -0.1) is 5.10 Å². The van der Waals surface area contributed by atoms with Crippen LogP contribution in [0.5, 0.6) is 11.5 Å². The summed E-state index contributed by atoms with van der Waals surface area (Å²) in [7, 11) is 0. The molecule has 8 heteroatoms. The number of halogens is 1. The van der Waals surface area contributed by atoms with Crippen LogP contribution in [0.1, 0.15) is 12.0 Å². The van der Waals surface area contributed by atoms with Crippen molar-refractivity contribution in [2.45, 2.75) is 17.3 Å². The molecule has 0 radical (unpaired) electrons. The minimum atomic E-state index is 0.545. The molecule has 1 aliphatic heterocycles. The Morgan fingerprint density at radius 1 is 1.03 bits per heavy atom. The molecule has 0 saturated carbocycles. The molecule has 0 aliphatic carbocycles. The number of nitrogens with zero attached hydrogens (tertiary/aromatic N) is 4. The van der Waals surface area contributed by atoms with Gasteiger partial charge in [-0.05, 0) is 29.8 Å². The van der Waals surface area contributed by atoms with Gasteiger partial charge in [0.15, 0.2) is 11.5 Å². The van der Waals surface area contributed by atoms with Crippen LogP contribution in [-0.4, -0.2) is 32.8 Å². The van der Waals surface area contributed by atoms with Crippen molar-refractivity contribution in [1.82, 2.24) is 19.6 Å². The highest BCUT2D eigenvalue weighted by Crippen LogP contribution is 2.33. The van der Waals surface area contributed by atoms with Crippen molar-refractivity contribution in [2.75, 3.05) is 13.2 Å². The average Bonchev–Trinajstić information content (AvgIpc) is 3.02. The second-order valence-electron chi connectivity index (χ2n) is 6.54. The zero-order valence-electron chi connectivity index (χ0n) is 15.4. The molecule has 0 atom stereocenters. The van der Waals surface area contributed by atoms with Gasteiger partial charge in [0, 0.05) is 29.0 Å². The summed E-state index contributed by atoms with van der Waals surface area (Å²) in [6.07, 6.45) is 2.62. The molecule has 2 aromatic heterocycles. The lowest BCUT2D eigenvalue weighted by Gasteiger charge is -2.08. The number of benzene rings is 2. The van der Waals surface area contributed by atoms with E-state index in [1.807, 2.05) is 48.5 Å². The topological polar surface area (TPSA) is 61.5 Å². The first kappa shape index (κ1) is 18.3. The average molecular weight is 425 g/mol. The number of hydrogen-bond acceptors (Lipinski definition) is 6. The first-order valence-corrected chi connectivity index (χ1v) is 10.6. The maximum atomic E-state index is 6.37. The Morgan fingerprint density at radius 3 is 2.79 bits per heavy atom. The molecule has 0 fully saturated rings. The number of hydrogen-bond donors (Lipinski definition) is 0. The smallest absolute Gasteiger partial charge is 0.253 e. The standard InChI is InChI=1S/C21H17ClN4O2S/c22-16-5-2-1-4-15(16)17-8-9-23-20-24-21(25-26(17)20)29-13-14-6-7-18-19(12-14)28-11-3-10-27-18/h1-2,4-9,12H,3,10-11,13H2. The van der Waals surface area contributed by atoms with Crippen LogP contribution >= 0.6 is 23.4 Å². The van der Waals surface area contributed by atoms with Crippen molar-refractivity contribution in [3.8, 4) is 22.8 Å². The Morgan fingerprint density at radius 2 is 1.90 bits per heavy atom. The molecule has 0 spiro atoms. The lowest BCUT2D eigenvalue weighted by molar-refractivity contribution is 0.297. The molecule has 146 valence electrons. The fourth-order valence-corrected chi connectivity index (χ4v) is 4.15. The van der Waals surface area contributed by atoms with Crippen LogP contribution in [0.2, 0.25) is 5.02 Å². The molecule has 3 heterocycles. The Hall–Kier alpha value is -2.77. The van der Waals surface area contributed by atoms with Crippen LogP contribution in [-0.2, 0) is 5.75 Å². The molecule has 0 saturated heterocycles. The van der Waals surface area contributed by atoms with Gasteiger partial charge in [0.1, 0.15) is 0 Å². The van der Waals surface area contributed by atoms with Crippen molar-refractivity contribution in [3.63, 3.8) is 0 Å². The Balaban J connectivity index is 1.40. The van der Waals surface area contributed by atoms with Gasteiger partial charge in [0.05, 0.1) is 18.9 Å². The second-order valence-corrected chi connectivity index (χ2v) is 7.89. The third kappa shape index (κ3) is 3.75. The third-order valence-electron chi connectivity index (χ3n) is 4.55. The molecule has 2 aromatic carbocycles. The summed E-state index contributed by atoms with van der Waals surface area (Å²) in [5.41, 5.74) is 2.87. The van der Waals surface area contributed by atoms with Crippen molar-refractivity contribution in [1.29, 1.82) is 0 Å². The zero-order chi connectivity index (χ0) is 19.6. The lowest BCUT2D eigenvalue weighted by atomic mass is 10.1. The van der Waals surface area contributed by atoms with E-state index in [0.29, 0.717) is 29.2 Å². The first-order chi connectivity index (χ1) is 14.3. The molecule has 0 bridgehead atoms. The molecule has 6 nitrogen and oxygen atoms in total. The summed E-state index contributed by atoms with van der Waals surface area (Å²) in [5, 5.41) is 5.96. The van der Waals surface area contributed by atoms with Crippen LogP contribution < -0.4 is 9.47 Å². The minimum absolute atomic E-state index is 0.545. The molecule has 5 rings (SSSR count).